The second-order valence-corrected chi connectivity index (χ2v) is 10.6. The number of amides is 3. The molecule has 1 aliphatic heterocycles. The van der Waals surface area contributed by atoms with E-state index in [9.17, 15) is 14.4 Å². The third-order valence-electron chi connectivity index (χ3n) is 6.45. The molecular formula is C30H34N2O3. The Kier molecular flexibility index (Phi) is 6.79. The molecule has 3 aromatic rings. The summed E-state index contributed by atoms with van der Waals surface area (Å²) >= 11 is 0. The van der Waals surface area contributed by atoms with Crippen molar-refractivity contribution in [3.05, 3.63) is 71.3 Å². The van der Waals surface area contributed by atoms with Crippen LogP contribution in [0.3, 0.4) is 0 Å². The Morgan fingerprint density at radius 3 is 2.29 bits per heavy atom. The van der Waals surface area contributed by atoms with Gasteiger partial charge in [-0.3, -0.25) is 19.3 Å². The Hall–Kier alpha value is -3.47. The molecule has 1 atom stereocenters. The number of nitrogens with one attached hydrogen (secondary N) is 1. The number of carbonyl (C=O) groups is 3. The second kappa shape index (κ2) is 9.65. The molecule has 5 heteroatoms. The molecule has 3 aromatic carbocycles. The molecule has 0 fully saturated rings. The molecule has 0 aromatic heterocycles. The van der Waals surface area contributed by atoms with Crippen molar-refractivity contribution in [3.63, 3.8) is 0 Å². The molecule has 1 N–H and O–H groups in total. The van der Waals surface area contributed by atoms with Crippen LogP contribution in [0.1, 0.15) is 85.0 Å². The van der Waals surface area contributed by atoms with E-state index in [1.54, 1.807) is 12.1 Å². The van der Waals surface area contributed by atoms with Crippen molar-refractivity contribution >= 4 is 28.5 Å². The van der Waals surface area contributed by atoms with Gasteiger partial charge in [-0.25, -0.2) is 0 Å². The van der Waals surface area contributed by atoms with E-state index >= 15 is 0 Å². The van der Waals surface area contributed by atoms with Crippen LogP contribution >= 0.6 is 0 Å². The quantitative estimate of drug-likeness (QED) is 0.403. The fourth-order valence-corrected chi connectivity index (χ4v) is 4.74. The molecule has 0 saturated carbocycles. The molecule has 3 amide bonds. The molecule has 0 spiro atoms. The van der Waals surface area contributed by atoms with Crippen molar-refractivity contribution in [3.8, 4) is 11.1 Å². The van der Waals surface area contributed by atoms with Crippen molar-refractivity contribution in [1.82, 2.24) is 10.2 Å². The summed E-state index contributed by atoms with van der Waals surface area (Å²) in [5.41, 5.74) is 2.79. The molecule has 4 rings (SSSR count). The minimum Gasteiger partial charge on any atom is -0.347 e. The number of imide groups is 1. The highest BCUT2D eigenvalue weighted by molar-refractivity contribution is 6.28. The van der Waals surface area contributed by atoms with Gasteiger partial charge in [0.05, 0.1) is 0 Å². The van der Waals surface area contributed by atoms with Crippen molar-refractivity contribution in [1.29, 1.82) is 0 Å². The molecule has 0 unspecified atom stereocenters. The number of rotatable bonds is 7. The maximum Gasteiger partial charge on any atom is 0.261 e. The smallest absolute Gasteiger partial charge is 0.261 e. The van der Waals surface area contributed by atoms with Gasteiger partial charge in [-0.2, -0.15) is 0 Å². The fraction of sp³-hybridized carbons (Fsp3) is 0.367. The summed E-state index contributed by atoms with van der Waals surface area (Å²) in [5, 5.41) is 4.21. The Morgan fingerprint density at radius 1 is 0.943 bits per heavy atom. The van der Waals surface area contributed by atoms with Crippen molar-refractivity contribution in [2.24, 2.45) is 5.92 Å². The lowest BCUT2D eigenvalue weighted by molar-refractivity contribution is 0.0585. The summed E-state index contributed by atoms with van der Waals surface area (Å²) in [5.74, 6) is -0.585. The number of nitrogens with zero attached hydrogens (tertiary/aromatic N) is 1. The monoisotopic (exact) mass is 470 g/mol. The lowest BCUT2D eigenvalue weighted by Gasteiger charge is -2.30. The van der Waals surface area contributed by atoms with Crippen LogP contribution in [0.15, 0.2) is 54.6 Å². The van der Waals surface area contributed by atoms with E-state index < -0.39 is 5.54 Å². The molecule has 182 valence electrons. The predicted octanol–water partition coefficient (Wildman–Crippen LogP) is 6.46. The van der Waals surface area contributed by atoms with Gasteiger partial charge in [-0.1, -0.05) is 57.0 Å². The Bertz CT molecular complexity index is 1290. The van der Waals surface area contributed by atoms with Gasteiger partial charge in [-0.15, -0.1) is 0 Å². The topological polar surface area (TPSA) is 66.5 Å². The van der Waals surface area contributed by atoms with Crippen molar-refractivity contribution in [2.45, 2.75) is 59.4 Å². The van der Waals surface area contributed by atoms with Crippen LogP contribution in [0.5, 0.6) is 0 Å². The van der Waals surface area contributed by atoms with E-state index in [1.807, 2.05) is 63.2 Å². The van der Waals surface area contributed by atoms with Crippen molar-refractivity contribution < 1.29 is 14.4 Å². The summed E-state index contributed by atoms with van der Waals surface area (Å²) in [6.07, 6.45) is 3.11. The largest absolute Gasteiger partial charge is 0.347 e. The molecular weight excluding hydrogens is 436 g/mol. The van der Waals surface area contributed by atoms with E-state index in [0.29, 0.717) is 34.0 Å². The van der Waals surface area contributed by atoms with Crippen LogP contribution in [0.25, 0.3) is 21.9 Å². The van der Waals surface area contributed by atoms with Crippen LogP contribution in [0.4, 0.5) is 0 Å². The lowest BCUT2D eigenvalue weighted by atomic mass is 9.87. The highest BCUT2D eigenvalue weighted by Gasteiger charge is 2.35. The van der Waals surface area contributed by atoms with Crippen LogP contribution in [-0.2, 0) is 0 Å². The average molecular weight is 471 g/mol. The summed E-state index contributed by atoms with van der Waals surface area (Å²) < 4.78 is 0. The fourth-order valence-electron chi connectivity index (χ4n) is 4.74. The van der Waals surface area contributed by atoms with Gasteiger partial charge in [0.25, 0.3) is 17.7 Å². The van der Waals surface area contributed by atoms with Gasteiger partial charge in [0.1, 0.15) is 0 Å². The predicted molar refractivity (Wildman–Crippen MR) is 141 cm³/mol. The SMILES string of the molecule is CCCC[C@@H](C)CN1C(=O)c2ccc(C(=O)NC(C)(C)C)c3cc(-c4ccccc4)cc(c23)C1=O. The minimum atomic E-state index is -0.421. The first-order valence-electron chi connectivity index (χ1n) is 12.5. The Balaban J connectivity index is 1.90. The van der Waals surface area contributed by atoms with Gasteiger partial charge in [0.15, 0.2) is 0 Å². The minimum absolute atomic E-state index is 0.217. The number of benzene rings is 3. The Labute approximate surface area is 207 Å². The molecule has 1 aliphatic rings. The number of hydrogen-bond acceptors (Lipinski definition) is 3. The molecule has 1 heterocycles. The first kappa shape index (κ1) is 24.6. The Morgan fingerprint density at radius 2 is 1.63 bits per heavy atom. The third kappa shape index (κ3) is 5.00. The van der Waals surface area contributed by atoms with E-state index in [4.69, 9.17) is 0 Å². The van der Waals surface area contributed by atoms with E-state index in [2.05, 4.69) is 19.2 Å². The van der Waals surface area contributed by atoms with Gasteiger partial charge < -0.3 is 5.32 Å². The molecule has 0 bridgehead atoms. The maximum absolute atomic E-state index is 13.7. The van der Waals surface area contributed by atoms with E-state index in [-0.39, 0.29) is 23.6 Å². The zero-order chi connectivity index (χ0) is 25.3. The second-order valence-electron chi connectivity index (χ2n) is 10.6. The molecule has 0 radical (unpaired) electrons. The van der Waals surface area contributed by atoms with Crippen LogP contribution in [0.2, 0.25) is 0 Å². The van der Waals surface area contributed by atoms with Crippen LogP contribution in [-0.4, -0.2) is 34.7 Å². The van der Waals surface area contributed by atoms with Crippen molar-refractivity contribution in [2.75, 3.05) is 6.54 Å². The van der Waals surface area contributed by atoms with E-state index in [1.165, 1.54) is 4.90 Å². The summed E-state index contributed by atoms with van der Waals surface area (Å²) in [6.45, 7) is 10.4. The highest BCUT2D eigenvalue weighted by atomic mass is 16.2. The van der Waals surface area contributed by atoms with Gasteiger partial charge >= 0.3 is 0 Å². The summed E-state index contributed by atoms with van der Waals surface area (Å²) in [4.78, 5) is 41.8. The number of carbonyl (C=O) groups excluding carboxylic acids is 3. The van der Waals surface area contributed by atoms with E-state index in [0.717, 1.165) is 30.4 Å². The third-order valence-corrected chi connectivity index (χ3v) is 6.45. The summed E-state index contributed by atoms with van der Waals surface area (Å²) in [6, 6.07) is 17.0. The zero-order valence-corrected chi connectivity index (χ0v) is 21.3. The molecule has 0 saturated heterocycles. The zero-order valence-electron chi connectivity index (χ0n) is 21.3. The number of unbranched alkanes of at least 4 members (excludes halogenated alkanes) is 1. The van der Waals surface area contributed by atoms with Crippen LogP contribution in [0, 0.1) is 5.92 Å². The molecule has 35 heavy (non-hydrogen) atoms. The normalized spacial score (nSPS) is 14.4. The summed E-state index contributed by atoms with van der Waals surface area (Å²) in [7, 11) is 0. The van der Waals surface area contributed by atoms with Gasteiger partial charge in [0, 0.05) is 34.2 Å². The first-order valence-corrected chi connectivity index (χ1v) is 12.5. The maximum atomic E-state index is 13.7. The average Bonchev–Trinajstić information content (AvgIpc) is 2.82. The van der Waals surface area contributed by atoms with Crippen LogP contribution < -0.4 is 5.32 Å². The first-order chi connectivity index (χ1) is 16.6. The van der Waals surface area contributed by atoms with Gasteiger partial charge in [-0.05, 0) is 73.9 Å². The number of hydrogen-bond donors (Lipinski definition) is 1. The standard InChI is InChI=1S/C30H34N2O3/c1-6-7-11-19(2)18-32-28(34)23-15-14-22(27(33)31-30(3,4)5)24-16-21(20-12-9-8-10-13-20)17-25(26(23)24)29(32)35/h8-10,12-17,19H,6-7,11,18H2,1-5H3,(H,31,33)/t19-/m1/s1. The molecule has 0 aliphatic carbocycles. The van der Waals surface area contributed by atoms with Gasteiger partial charge in [0.2, 0.25) is 0 Å². The molecule has 5 nitrogen and oxygen atoms in total. The highest BCUT2D eigenvalue weighted by Crippen LogP contribution is 2.37. The lowest BCUT2D eigenvalue weighted by Crippen LogP contribution is -2.43.